The molecule has 7 atom stereocenters. The van der Waals surface area contributed by atoms with Crippen molar-refractivity contribution in [3.63, 3.8) is 0 Å². The number of carbonyl (C=O) groups excluding carboxylic acids is 3. The first kappa shape index (κ1) is 36.2. The van der Waals surface area contributed by atoms with Crippen LogP contribution >= 0.6 is 0 Å². The van der Waals surface area contributed by atoms with Gasteiger partial charge >= 0.3 is 17.9 Å². The monoisotopic (exact) mass is 598 g/mol. The van der Waals surface area contributed by atoms with Crippen molar-refractivity contribution < 1.29 is 47.5 Å². The Morgan fingerprint density at radius 1 is 0.786 bits per heavy atom. The third-order valence-corrected chi connectivity index (χ3v) is 7.31. The summed E-state index contributed by atoms with van der Waals surface area (Å²) in [4.78, 5) is 38.0. The Morgan fingerprint density at radius 3 is 1.88 bits per heavy atom. The molecule has 0 aromatic rings. The molecular weight excluding hydrogens is 544 g/mol. The molecule has 2 fully saturated rings. The average molecular weight is 599 g/mol. The molecule has 0 aliphatic carbocycles. The standard InChI is InChI=1S/C32H54O10/c1-18(2)13-12-14-23(11)15-16-37-32(22(9)10)41-27-26(40-30(35)21(7)8)25(39-29(34)20(5)6)24(38-31(27)42-32)17-36-28(33)19(3)4/h13,19-27,31H,12,14-17H2,1-11H3/t23-,24+,25+,26-,27+,31+,32?/m0/s1. The summed E-state index contributed by atoms with van der Waals surface area (Å²) in [5.41, 5.74) is 1.30. The van der Waals surface area contributed by atoms with Gasteiger partial charge < -0.3 is 28.4 Å². The number of esters is 3. The Bertz CT molecular complexity index is 922. The molecule has 10 nitrogen and oxygen atoms in total. The molecule has 2 rings (SSSR count). The molecule has 2 aliphatic heterocycles. The van der Waals surface area contributed by atoms with Gasteiger partial charge in [0.2, 0.25) is 0 Å². The van der Waals surface area contributed by atoms with Gasteiger partial charge in [0, 0.05) is 5.92 Å². The van der Waals surface area contributed by atoms with Gasteiger partial charge in [-0.05, 0) is 39.0 Å². The third kappa shape index (κ3) is 10.0. The Labute approximate surface area is 252 Å². The second kappa shape index (κ2) is 16.2. The van der Waals surface area contributed by atoms with Crippen molar-refractivity contribution in [3.05, 3.63) is 11.6 Å². The number of ether oxygens (including phenoxy) is 7. The molecule has 0 spiro atoms. The van der Waals surface area contributed by atoms with E-state index in [4.69, 9.17) is 33.2 Å². The van der Waals surface area contributed by atoms with Crippen molar-refractivity contribution in [3.8, 4) is 0 Å². The van der Waals surface area contributed by atoms with E-state index in [9.17, 15) is 14.4 Å². The van der Waals surface area contributed by atoms with Crippen LogP contribution in [0.2, 0.25) is 0 Å². The van der Waals surface area contributed by atoms with Crippen LogP contribution in [0.5, 0.6) is 0 Å². The molecule has 2 aliphatic rings. The minimum absolute atomic E-state index is 0.228. The highest BCUT2D eigenvalue weighted by Gasteiger charge is 2.62. The highest BCUT2D eigenvalue weighted by Crippen LogP contribution is 2.43. The van der Waals surface area contributed by atoms with Crippen LogP contribution < -0.4 is 0 Å². The highest BCUT2D eigenvalue weighted by molar-refractivity contribution is 5.73. The van der Waals surface area contributed by atoms with E-state index in [0.717, 1.165) is 19.3 Å². The smallest absolute Gasteiger partial charge is 0.308 e. The molecule has 10 heteroatoms. The minimum Gasteiger partial charge on any atom is -0.463 e. The largest absolute Gasteiger partial charge is 0.463 e. The van der Waals surface area contributed by atoms with E-state index in [2.05, 4.69) is 26.8 Å². The number of hydrogen-bond donors (Lipinski definition) is 0. The van der Waals surface area contributed by atoms with Crippen molar-refractivity contribution in [2.45, 2.75) is 132 Å². The van der Waals surface area contributed by atoms with Crippen LogP contribution in [0, 0.1) is 29.6 Å². The van der Waals surface area contributed by atoms with Gasteiger partial charge in [0.1, 0.15) is 12.7 Å². The lowest BCUT2D eigenvalue weighted by Crippen LogP contribution is -2.61. The van der Waals surface area contributed by atoms with Gasteiger partial charge in [-0.15, -0.1) is 0 Å². The zero-order valence-corrected chi connectivity index (χ0v) is 27.5. The lowest BCUT2D eigenvalue weighted by atomic mass is 9.98. The summed E-state index contributed by atoms with van der Waals surface area (Å²) in [6, 6.07) is 0. The highest BCUT2D eigenvalue weighted by atomic mass is 16.9. The van der Waals surface area contributed by atoms with Gasteiger partial charge in [0.05, 0.1) is 24.4 Å². The zero-order chi connectivity index (χ0) is 31.8. The number of allylic oxidation sites excluding steroid dienone is 2. The SMILES string of the molecule is CC(C)=CCC[C@H](C)CCOC1(C(C)C)O[C@H]2O[C@H](COC(=O)C(C)C)[C@@H](OC(=O)C(C)C)[C@H](OC(=O)C(C)C)[C@H]2O1. The van der Waals surface area contributed by atoms with E-state index >= 15 is 0 Å². The molecule has 0 aromatic carbocycles. The van der Waals surface area contributed by atoms with Gasteiger partial charge in [-0.3, -0.25) is 19.1 Å². The first-order chi connectivity index (χ1) is 19.6. The van der Waals surface area contributed by atoms with Crippen LogP contribution in [0.1, 0.15) is 95.4 Å². The quantitative estimate of drug-likeness (QED) is 0.135. The molecule has 0 bridgehead atoms. The van der Waals surface area contributed by atoms with E-state index in [0.29, 0.717) is 12.5 Å². The van der Waals surface area contributed by atoms with Gasteiger partial charge in [0.25, 0.3) is 5.97 Å². The maximum Gasteiger partial charge on any atom is 0.308 e. The van der Waals surface area contributed by atoms with Crippen LogP contribution in [-0.4, -0.2) is 67.8 Å². The van der Waals surface area contributed by atoms with Crippen LogP contribution in [0.25, 0.3) is 0 Å². The number of carbonyl (C=O) groups is 3. The predicted octanol–water partition coefficient (Wildman–Crippen LogP) is 5.56. The Balaban J connectivity index is 2.34. The van der Waals surface area contributed by atoms with Crippen molar-refractivity contribution >= 4 is 17.9 Å². The lowest BCUT2D eigenvalue weighted by Gasteiger charge is -2.41. The second-order valence-electron chi connectivity index (χ2n) is 13.0. The average Bonchev–Trinajstić information content (AvgIpc) is 3.27. The van der Waals surface area contributed by atoms with Gasteiger partial charge in [-0.25, -0.2) is 0 Å². The first-order valence-electron chi connectivity index (χ1n) is 15.4. The number of fused-ring (bicyclic) bond motifs is 1. The van der Waals surface area contributed by atoms with Crippen molar-refractivity contribution in [1.29, 1.82) is 0 Å². The van der Waals surface area contributed by atoms with Gasteiger partial charge in [-0.1, -0.05) is 74.0 Å². The summed E-state index contributed by atoms with van der Waals surface area (Å²) < 4.78 is 42.5. The fourth-order valence-corrected chi connectivity index (χ4v) is 4.47. The Kier molecular flexibility index (Phi) is 13.9. The fourth-order valence-electron chi connectivity index (χ4n) is 4.47. The summed E-state index contributed by atoms with van der Waals surface area (Å²) in [7, 11) is 0. The van der Waals surface area contributed by atoms with Crippen LogP contribution in [0.15, 0.2) is 11.6 Å². The van der Waals surface area contributed by atoms with E-state index in [-0.39, 0.29) is 18.4 Å². The van der Waals surface area contributed by atoms with Crippen molar-refractivity contribution in [1.82, 2.24) is 0 Å². The minimum atomic E-state index is -1.48. The lowest BCUT2D eigenvalue weighted by molar-refractivity contribution is -0.376. The Morgan fingerprint density at radius 2 is 1.36 bits per heavy atom. The number of hydrogen-bond acceptors (Lipinski definition) is 10. The molecule has 2 saturated heterocycles. The molecule has 0 aromatic heterocycles. The molecule has 2 heterocycles. The van der Waals surface area contributed by atoms with Crippen LogP contribution in [0.4, 0.5) is 0 Å². The predicted molar refractivity (Wildman–Crippen MR) is 156 cm³/mol. The molecule has 0 saturated carbocycles. The molecular formula is C32H54O10. The first-order valence-corrected chi connectivity index (χ1v) is 15.4. The Hall–Kier alpha value is -2.01. The summed E-state index contributed by atoms with van der Waals surface area (Å²) in [6.07, 6.45) is -0.0736. The maximum atomic E-state index is 12.9. The summed E-state index contributed by atoms with van der Waals surface area (Å²) >= 11 is 0. The van der Waals surface area contributed by atoms with E-state index in [1.807, 2.05) is 13.8 Å². The maximum absolute atomic E-state index is 12.9. The van der Waals surface area contributed by atoms with Crippen molar-refractivity contribution in [2.24, 2.45) is 29.6 Å². The summed E-state index contributed by atoms with van der Waals surface area (Å²) in [5, 5.41) is 0. The van der Waals surface area contributed by atoms with Crippen molar-refractivity contribution in [2.75, 3.05) is 13.2 Å². The third-order valence-electron chi connectivity index (χ3n) is 7.31. The normalized spacial score (nSPS) is 28.1. The molecule has 1 unspecified atom stereocenters. The molecule has 42 heavy (non-hydrogen) atoms. The summed E-state index contributed by atoms with van der Waals surface area (Å²) in [6.45, 7) is 20.6. The van der Waals surface area contributed by atoms with E-state index in [1.165, 1.54) is 5.57 Å². The summed E-state index contributed by atoms with van der Waals surface area (Å²) in [5.74, 6) is -4.05. The molecule has 0 amide bonds. The zero-order valence-electron chi connectivity index (χ0n) is 27.5. The van der Waals surface area contributed by atoms with Crippen LogP contribution in [-0.2, 0) is 47.5 Å². The van der Waals surface area contributed by atoms with E-state index < -0.39 is 66.4 Å². The molecule has 0 radical (unpaired) electrons. The fraction of sp³-hybridized carbons (Fsp3) is 0.844. The van der Waals surface area contributed by atoms with E-state index in [1.54, 1.807) is 41.5 Å². The second-order valence-corrected chi connectivity index (χ2v) is 13.0. The van der Waals surface area contributed by atoms with Crippen LogP contribution in [0.3, 0.4) is 0 Å². The number of rotatable bonds is 15. The molecule has 242 valence electrons. The molecule has 0 N–H and O–H groups in total. The topological polar surface area (TPSA) is 116 Å². The van der Waals surface area contributed by atoms with Gasteiger partial charge in [0.15, 0.2) is 24.6 Å². The van der Waals surface area contributed by atoms with Gasteiger partial charge in [-0.2, -0.15) is 0 Å².